The van der Waals surface area contributed by atoms with Crippen LogP contribution in [-0.4, -0.2) is 15.0 Å². The number of hydrogen-bond donors (Lipinski definition) is 1. The molecule has 0 saturated carbocycles. The van der Waals surface area contributed by atoms with Crippen molar-refractivity contribution >= 4 is 38.9 Å². The van der Waals surface area contributed by atoms with Crippen molar-refractivity contribution in [2.75, 3.05) is 0 Å². The Labute approximate surface area is 115 Å². The highest BCUT2D eigenvalue weighted by Crippen LogP contribution is 2.27. The SMILES string of the molecule is CC(C)c1nc(-c2ncc(Cl)s2)[nH]c(=O)c1Br. The second-order valence-corrected chi connectivity index (χ2v) is 6.19. The van der Waals surface area contributed by atoms with Crippen LogP contribution in [0.3, 0.4) is 0 Å². The van der Waals surface area contributed by atoms with Gasteiger partial charge in [-0.05, 0) is 21.8 Å². The number of aromatic amines is 1. The fraction of sp³-hybridized carbons (Fsp3) is 0.300. The van der Waals surface area contributed by atoms with Gasteiger partial charge in [-0.25, -0.2) is 9.97 Å². The summed E-state index contributed by atoms with van der Waals surface area (Å²) >= 11 is 10.3. The molecule has 2 aromatic heterocycles. The van der Waals surface area contributed by atoms with E-state index in [4.69, 9.17) is 11.6 Å². The predicted octanol–water partition coefficient (Wildman–Crippen LogP) is 3.43. The zero-order chi connectivity index (χ0) is 12.6. The minimum absolute atomic E-state index is 0.154. The number of halogens is 2. The van der Waals surface area contributed by atoms with Crippen molar-refractivity contribution in [3.8, 4) is 10.8 Å². The lowest BCUT2D eigenvalue weighted by atomic mass is 10.1. The van der Waals surface area contributed by atoms with Crippen molar-refractivity contribution in [3.63, 3.8) is 0 Å². The van der Waals surface area contributed by atoms with E-state index in [0.717, 1.165) is 5.69 Å². The number of aromatic nitrogens is 3. The highest BCUT2D eigenvalue weighted by molar-refractivity contribution is 9.10. The molecule has 0 unspecified atom stereocenters. The second kappa shape index (κ2) is 4.88. The third kappa shape index (κ3) is 2.59. The van der Waals surface area contributed by atoms with Gasteiger partial charge in [-0.1, -0.05) is 36.8 Å². The molecule has 0 spiro atoms. The average molecular weight is 335 g/mol. The monoisotopic (exact) mass is 333 g/mol. The molecule has 0 aliphatic heterocycles. The molecule has 0 bridgehead atoms. The summed E-state index contributed by atoms with van der Waals surface area (Å²) in [5.74, 6) is 0.611. The summed E-state index contributed by atoms with van der Waals surface area (Å²) in [7, 11) is 0. The molecule has 0 saturated heterocycles. The molecule has 0 fully saturated rings. The molecule has 2 heterocycles. The van der Waals surface area contributed by atoms with E-state index in [1.165, 1.54) is 11.3 Å². The Morgan fingerprint density at radius 2 is 2.24 bits per heavy atom. The van der Waals surface area contributed by atoms with Crippen molar-refractivity contribution < 1.29 is 0 Å². The molecule has 0 aliphatic rings. The Hall–Kier alpha value is -0.720. The summed E-state index contributed by atoms with van der Waals surface area (Å²) in [6.07, 6.45) is 1.54. The summed E-state index contributed by atoms with van der Waals surface area (Å²) in [5.41, 5.74) is 0.514. The van der Waals surface area contributed by atoms with E-state index < -0.39 is 0 Å². The lowest BCUT2D eigenvalue weighted by Gasteiger charge is -2.07. The molecule has 7 heteroatoms. The lowest BCUT2D eigenvalue weighted by Crippen LogP contribution is -2.14. The van der Waals surface area contributed by atoms with Crippen LogP contribution in [0.4, 0.5) is 0 Å². The van der Waals surface area contributed by atoms with E-state index in [1.54, 1.807) is 6.20 Å². The number of hydrogen-bond acceptors (Lipinski definition) is 4. The first-order valence-electron chi connectivity index (χ1n) is 4.90. The third-order valence-electron chi connectivity index (χ3n) is 2.12. The smallest absolute Gasteiger partial charge is 0.265 e. The van der Waals surface area contributed by atoms with Crippen molar-refractivity contribution in [2.45, 2.75) is 19.8 Å². The predicted molar refractivity (Wildman–Crippen MR) is 72.8 cm³/mol. The Morgan fingerprint density at radius 1 is 1.53 bits per heavy atom. The molecular weight excluding hydrogens is 326 g/mol. The van der Waals surface area contributed by atoms with Crippen LogP contribution < -0.4 is 5.56 Å². The van der Waals surface area contributed by atoms with Crippen LogP contribution in [0.5, 0.6) is 0 Å². The number of thiazole rings is 1. The standard InChI is InChI=1S/C10H9BrClN3OS/c1-4(2)7-6(11)9(16)15-8(14-7)10-13-3-5(12)17-10/h3-4H,1-2H3,(H,14,15,16). The van der Waals surface area contributed by atoms with E-state index in [0.29, 0.717) is 19.6 Å². The molecule has 0 atom stereocenters. The van der Waals surface area contributed by atoms with Crippen LogP contribution in [0.15, 0.2) is 15.5 Å². The van der Waals surface area contributed by atoms with Crippen molar-refractivity contribution in [1.82, 2.24) is 15.0 Å². The van der Waals surface area contributed by atoms with Crippen LogP contribution in [0.2, 0.25) is 4.34 Å². The Balaban J connectivity index is 2.61. The minimum atomic E-state index is -0.204. The van der Waals surface area contributed by atoms with E-state index >= 15 is 0 Å². The molecule has 0 amide bonds. The number of nitrogens with zero attached hydrogens (tertiary/aromatic N) is 2. The van der Waals surface area contributed by atoms with E-state index in [1.807, 2.05) is 13.8 Å². The topological polar surface area (TPSA) is 58.6 Å². The third-order valence-corrected chi connectivity index (χ3v) is 4.00. The maximum Gasteiger partial charge on any atom is 0.265 e. The summed E-state index contributed by atoms with van der Waals surface area (Å²) in [5, 5.41) is 0.613. The largest absolute Gasteiger partial charge is 0.304 e. The summed E-state index contributed by atoms with van der Waals surface area (Å²) in [6, 6.07) is 0. The molecule has 1 N–H and O–H groups in total. The Kier molecular flexibility index (Phi) is 3.65. The van der Waals surface area contributed by atoms with Gasteiger partial charge >= 0.3 is 0 Å². The van der Waals surface area contributed by atoms with Crippen LogP contribution in [-0.2, 0) is 0 Å². The fourth-order valence-corrected chi connectivity index (χ4v) is 2.83. The normalized spacial score (nSPS) is 11.1. The van der Waals surface area contributed by atoms with Gasteiger partial charge in [-0.2, -0.15) is 0 Å². The van der Waals surface area contributed by atoms with Gasteiger partial charge in [-0.15, -0.1) is 0 Å². The molecule has 0 aliphatic carbocycles. The van der Waals surface area contributed by atoms with Gasteiger partial charge < -0.3 is 4.98 Å². The van der Waals surface area contributed by atoms with E-state index in [-0.39, 0.29) is 11.5 Å². The maximum atomic E-state index is 11.7. The molecule has 4 nitrogen and oxygen atoms in total. The quantitative estimate of drug-likeness (QED) is 0.915. The molecule has 0 aromatic carbocycles. The summed E-state index contributed by atoms with van der Waals surface area (Å²) in [4.78, 5) is 22.9. The van der Waals surface area contributed by atoms with Crippen molar-refractivity contribution in [2.24, 2.45) is 0 Å². The summed E-state index contributed by atoms with van der Waals surface area (Å²) < 4.78 is 1.04. The van der Waals surface area contributed by atoms with E-state index in [9.17, 15) is 4.79 Å². The first-order chi connectivity index (χ1) is 7.99. The van der Waals surface area contributed by atoms with Crippen LogP contribution >= 0.6 is 38.9 Å². The Bertz CT molecular complexity index is 608. The molecule has 0 radical (unpaired) electrons. The van der Waals surface area contributed by atoms with Gasteiger partial charge in [0.05, 0.1) is 11.9 Å². The molecule has 17 heavy (non-hydrogen) atoms. The van der Waals surface area contributed by atoms with Crippen LogP contribution in [0, 0.1) is 0 Å². The highest BCUT2D eigenvalue weighted by atomic mass is 79.9. The van der Waals surface area contributed by atoms with Gasteiger partial charge in [0, 0.05) is 0 Å². The molecule has 90 valence electrons. The van der Waals surface area contributed by atoms with Crippen molar-refractivity contribution in [3.05, 3.63) is 31.1 Å². The molecule has 2 aromatic rings. The maximum absolute atomic E-state index is 11.7. The average Bonchev–Trinajstić information content (AvgIpc) is 2.68. The van der Waals surface area contributed by atoms with Gasteiger partial charge in [0.15, 0.2) is 10.8 Å². The van der Waals surface area contributed by atoms with Crippen LogP contribution in [0.1, 0.15) is 25.5 Å². The molecule has 2 rings (SSSR count). The highest BCUT2D eigenvalue weighted by Gasteiger charge is 2.14. The first kappa shape index (κ1) is 12.7. The zero-order valence-electron chi connectivity index (χ0n) is 9.12. The van der Waals surface area contributed by atoms with E-state index in [2.05, 4.69) is 30.9 Å². The number of rotatable bonds is 2. The molecular formula is C10H9BrClN3OS. The second-order valence-electron chi connectivity index (χ2n) is 3.74. The number of nitrogens with one attached hydrogen (secondary N) is 1. The van der Waals surface area contributed by atoms with Gasteiger partial charge in [0.25, 0.3) is 5.56 Å². The lowest BCUT2D eigenvalue weighted by molar-refractivity contribution is 0.803. The minimum Gasteiger partial charge on any atom is -0.304 e. The van der Waals surface area contributed by atoms with Crippen LogP contribution in [0.25, 0.3) is 10.8 Å². The zero-order valence-corrected chi connectivity index (χ0v) is 12.3. The van der Waals surface area contributed by atoms with Gasteiger partial charge in [0.2, 0.25) is 0 Å². The van der Waals surface area contributed by atoms with Crippen molar-refractivity contribution in [1.29, 1.82) is 0 Å². The number of H-pyrrole nitrogens is 1. The Morgan fingerprint density at radius 3 is 2.76 bits per heavy atom. The first-order valence-corrected chi connectivity index (χ1v) is 6.89. The van der Waals surface area contributed by atoms with Gasteiger partial charge in [0.1, 0.15) is 8.81 Å². The fourth-order valence-electron chi connectivity index (χ4n) is 1.32. The summed E-state index contributed by atoms with van der Waals surface area (Å²) in [6.45, 7) is 3.95. The van der Waals surface area contributed by atoms with Gasteiger partial charge in [-0.3, -0.25) is 4.79 Å².